The number of carbonyl (C=O) groups is 2. The van der Waals surface area contributed by atoms with Gasteiger partial charge >= 0.3 is 12.3 Å². The SMILES string of the molecule is CCCCCC(COC(=O)O)OC(=O)O. The number of unbranched alkanes of at least 4 members (excludes halogenated alkanes) is 2. The van der Waals surface area contributed by atoms with Gasteiger partial charge in [0, 0.05) is 0 Å². The van der Waals surface area contributed by atoms with Gasteiger partial charge in [0.1, 0.15) is 12.7 Å². The smallest absolute Gasteiger partial charge is 0.450 e. The lowest BCUT2D eigenvalue weighted by molar-refractivity contribution is 0.00106. The molecule has 0 aliphatic carbocycles. The summed E-state index contributed by atoms with van der Waals surface area (Å²) in [5, 5.41) is 16.6. The fourth-order valence-electron chi connectivity index (χ4n) is 1.11. The molecule has 0 rings (SSSR count). The molecule has 0 heterocycles. The molecule has 0 amide bonds. The fourth-order valence-corrected chi connectivity index (χ4v) is 1.11. The Balaban J connectivity index is 3.83. The Labute approximate surface area is 87.8 Å². The summed E-state index contributed by atoms with van der Waals surface area (Å²) in [7, 11) is 0. The molecular weight excluding hydrogens is 204 g/mol. The first-order valence-corrected chi connectivity index (χ1v) is 4.81. The summed E-state index contributed by atoms with van der Waals surface area (Å²) in [6, 6.07) is 0. The largest absolute Gasteiger partial charge is 0.506 e. The maximum absolute atomic E-state index is 10.3. The van der Waals surface area contributed by atoms with Crippen LogP contribution < -0.4 is 0 Å². The van der Waals surface area contributed by atoms with Crippen molar-refractivity contribution in [1.29, 1.82) is 0 Å². The van der Waals surface area contributed by atoms with E-state index in [4.69, 9.17) is 10.2 Å². The maximum Gasteiger partial charge on any atom is 0.506 e. The zero-order valence-electron chi connectivity index (χ0n) is 8.64. The molecule has 0 aromatic rings. The van der Waals surface area contributed by atoms with Gasteiger partial charge in [-0.05, 0) is 12.8 Å². The van der Waals surface area contributed by atoms with Crippen molar-refractivity contribution in [2.24, 2.45) is 0 Å². The van der Waals surface area contributed by atoms with Crippen molar-refractivity contribution in [2.75, 3.05) is 6.61 Å². The molecule has 88 valence electrons. The lowest BCUT2D eigenvalue weighted by Gasteiger charge is -2.14. The van der Waals surface area contributed by atoms with Crippen molar-refractivity contribution in [3.8, 4) is 0 Å². The third kappa shape index (κ3) is 8.86. The van der Waals surface area contributed by atoms with Gasteiger partial charge < -0.3 is 19.7 Å². The molecule has 0 aromatic heterocycles. The van der Waals surface area contributed by atoms with Crippen LogP contribution in [0.5, 0.6) is 0 Å². The molecule has 0 spiro atoms. The second-order valence-electron chi connectivity index (χ2n) is 3.08. The highest BCUT2D eigenvalue weighted by atomic mass is 16.7. The lowest BCUT2D eigenvalue weighted by atomic mass is 10.1. The maximum atomic E-state index is 10.3. The van der Waals surface area contributed by atoms with Crippen LogP contribution in [-0.4, -0.2) is 35.2 Å². The Bertz CT molecular complexity index is 203. The van der Waals surface area contributed by atoms with Crippen LogP contribution in [0.3, 0.4) is 0 Å². The predicted octanol–water partition coefficient (Wildman–Crippen LogP) is 2.32. The van der Waals surface area contributed by atoms with Crippen LogP contribution in [0, 0.1) is 0 Å². The summed E-state index contributed by atoms with van der Waals surface area (Å²) in [6.07, 6.45) is -0.322. The molecule has 6 nitrogen and oxygen atoms in total. The molecular formula is C9H16O6. The van der Waals surface area contributed by atoms with E-state index in [0.717, 1.165) is 19.3 Å². The van der Waals surface area contributed by atoms with E-state index in [9.17, 15) is 9.59 Å². The van der Waals surface area contributed by atoms with Crippen molar-refractivity contribution in [2.45, 2.75) is 38.7 Å². The second kappa shape index (κ2) is 7.90. The van der Waals surface area contributed by atoms with Gasteiger partial charge in [-0.25, -0.2) is 9.59 Å². The standard InChI is InChI=1S/C9H16O6/c1-2-3-4-5-7(15-9(12)13)6-14-8(10)11/h7H,2-6H2,1H3,(H,10,11)(H,12,13). The highest BCUT2D eigenvalue weighted by Gasteiger charge is 2.15. The minimum Gasteiger partial charge on any atom is -0.450 e. The Hall–Kier alpha value is -1.46. The quantitative estimate of drug-likeness (QED) is 0.505. The van der Waals surface area contributed by atoms with Crippen molar-refractivity contribution in [3.63, 3.8) is 0 Å². The summed E-state index contributed by atoms with van der Waals surface area (Å²) in [4.78, 5) is 20.4. The minimum atomic E-state index is -1.43. The van der Waals surface area contributed by atoms with E-state index in [2.05, 4.69) is 9.47 Å². The molecule has 1 atom stereocenters. The highest BCUT2D eigenvalue weighted by Crippen LogP contribution is 2.07. The van der Waals surface area contributed by atoms with Crippen LogP contribution in [-0.2, 0) is 9.47 Å². The predicted molar refractivity (Wildman–Crippen MR) is 51.0 cm³/mol. The fraction of sp³-hybridized carbons (Fsp3) is 0.778. The van der Waals surface area contributed by atoms with E-state index in [1.807, 2.05) is 6.92 Å². The first-order chi connectivity index (χ1) is 7.06. The van der Waals surface area contributed by atoms with Crippen molar-refractivity contribution in [3.05, 3.63) is 0 Å². The van der Waals surface area contributed by atoms with E-state index in [1.165, 1.54) is 0 Å². The average Bonchev–Trinajstić information content (AvgIpc) is 2.13. The summed E-state index contributed by atoms with van der Waals surface area (Å²) < 4.78 is 8.74. The molecule has 0 aliphatic heterocycles. The van der Waals surface area contributed by atoms with Crippen molar-refractivity contribution >= 4 is 12.3 Å². The average molecular weight is 220 g/mol. The summed E-state index contributed by atoms with van der Waals surface area (Å²) >= 11 is 0. The van der Waals surface area contributed by atoms with Crippen molar-refractivity contribution < 1.29 is 29.3 Å². The van der Waals surface area contributed by atoms with Crippen LogP contribution in [0.2, 0.25) is 0 Å². The van der Waals surface area contributed by atoms with Crippen LogP contribution >= 0.6 is 0 Å². The van der Waals surface area contributed by atoms with Gasteiger partial charge in [-0.1, -0.05) is 19.8 Å². The Morgan fingerprint density at radius 2 is 1.87 bits per heavy atom. The van der Waals surface area contributed by atoms with Gasteiger partial charge in [0.05, 0.1) is 0 Å². The van der Waals surface area contributed by atoms with E-state index in [0.29, 0.717) is 6.42 Å². The first kappa shape index (κ1) is 13.5. The van der Waals surface area contributed by atoms with Gasteiger partial charge in [0.2, 0.25) is 0 Å². The van der Waals surface area contributed by atoms with Crippen LogP contribution in [0.1, 0.15) is 32.6 Å². The van der Waals surface area contributed by atoms with Crippen LogP contribution in [0.25, 0.3) is 0 Å². The van der Waals surface area contributed by atoms with Gasteiger partial charge in [-0.2, -0.15) is 0 Å². The number of rotatable bonds is 7. The van der Waals surface area contributed by atoms with Gasteiger partial charge in [0.25, 0.3) is 0 Å². The zero-order valence-corrected chi connectivity index (χ0v) is 8.64. The van der Waals surface area contributed by atoms with Crippen LogP contribution in [0.4, 0.5) is 9.59 Å². The van der Waals surface area contributed by atoms with Crippen molar-refractivity contribution in [1.82, 2.24) is 0 Å². The van der Waals surface area contributed by atoms with Crippen LogP contribution in [0.15, 0.2) is 0 Å². The van der Waals surface area contributed by atoms with E-state index in [-0.39, 0.29) is 6.61 Å². The first-order valence-electron chi connectivity index (χ1n) is 4.81. The molecule has 1 unspecified atom stereocenters. The van der Waals surface area contributed by atoms with E-state index < -0.39 is 18.4 Å². The van der Waals surface area contributed by atoms with E-state index in [1.54, 1.807) is 0 Å². The Morgan fingerprint density at radius 3 is 2.33 bits per heavy atom. The Morgan fingerprint density at radius 1 is 1.20 bits per heavy atom. The molecule has 0 saturated heterocycles. The third-order valence-electron chi connectivity index (χ3n) is 1.79. The van der Waals surface area contributed by atoms with Gasteiger partial charge in [-0.3, -0.25) is 0 Å². The highest BCUT2D eigenvalue weighted by molar-refractivity contribution is 5.58. The zero-order chi connectivity index (χ0) is 11.7. The number of hydrogen-bond donors (Lipinski definition) is 2. The number of carboxylic acid groups (broad SMARTS) is 2. The van der Waals surface area contributed by atoms with E-state index >= 15 is 0 Å². The third-order valence-corrected chi connectivity index (χ3v) is 1.79. The molecule has 0 bridgehead atoms. The summed E-state index contributed by atoms with van der Waals surface area (Å²) in [6.45, 7) is 1.77. The molecule has 2 N–H and O–H groups in total. The topological polar surface area (TPSA) is 93.1 Å². The number of hydrogen-bond acceptors (Lipinski definition) is 4. The monoisotopic (exact) mass is 220 g/mol. The van der Waals surface area contributed by atoms with Gasteiger partial charge in [0.15, 0.2) is 0 Å². The molecule has 0 fully saturated rings. The molecule has 0 saturated carbocycles. The molecule has 0 aromatic carbocycles. The second-order valence-corrected chi connectivity index (χ2v) is 3.08. The summed E-state index contributed by atoms with van der Waals surface area (Å²) in [5.41, 5.74) is 0. The summed E-state index contributed by atoms with van der Waals surface area (Å²) in [5.74, 6) is 0. The lowest BCUT2D eigenvalue weighted by Crippen LogP contribution is -2.24. The molecule has 0 radical (unpaired) electrons. The normalized spacial score (nSPS) is 11.8. The van der Waals surface area contributed by atoms with Gasteiger partial charge in [-0.15, -0.1) is 0 Å². The molecule has 0 aliphatic rings. The Kier molecular flexibility index (Phi) is 7.13. The number of ether oxygens (including phenoxy) is 2. The molecule has 6 heteroatoms. The minimum absolute atomic E-state index is 0.245. The molecule has 15 heavy (non-hydrogen) atoms.